The van der Waals surface area contributed by atoms with Gasteiger partial charge in [-0.25, -0.2) is 9.37 Å². The quantitative estimate of drug-likeness (QED) is 0.636. The van der Waals surface area contributed by atoms with Crippen molar-refractivity contribution in [2.75, 3.05) is 0 Å². The molecule has 0 fully saturated rings. The monoisotopic (exact) mass is 327 g/mol. The van der Waals surface area contributed by atoms with Crippen LogP contribution in [0, 0.1) is 5.82 Å². The molecule has 1 unspecified atom stereocenters. The fraction of sp³-hybridized carbons (Fsp3) is 0.438. The Bertz CT molecular complexity index is 587. The highest BCUT2D eigenvalue weighted by molar-refractivity contribution is 7.13. The van der Waals surface area contributed by atoms with Crippen molar-refractivity contribution in [2.45, 2.75) is 45.3 Å². The van der Waals surface area contributed by atoms with E-state index in [2.05, 4.69) is 11.9 Å². The molecule has 21 heavy (non-hydrogen) atoms. The smallest absolute Gasteiger partial charge is 0.128 e. The number of nitrogens with zero attached hydrogens (tertiary/aromatic N) is 1. The largest absolute Gasteiger partial charge is 0.374 e. The Morgan fingerprint density at radius 3 is 2.90 bits per heavy atom. The second-order valence-corrected chi connectivity index (χ2v) is 6.12. The third-order valence-electron chi connectivity index (χ3n) is 3.20. The molecule has 2 rings (SSSR count). The molecule has 1 aromatic heterocycles. The lowest BCUT2D eigenvalue weighted by atomic mass is 10.1. The molecule has 5 heteroatoms. The summed E-state index contributed by atoms with van der Waals surface area (Å²) in [6, 6.07) is 5.02. The van der Waals surface area contributed by atoms with E-state index in [1.807, 2.05) is 18.4 Å². The zero-order valence-electron chi connectivity index (χ0n) is 12.2. The SMILES string of the molecule is CCCC(C)OCc1cc(-c2nc(CCl)cs2)ccc1F. The molecule has 1 heterocycles. The van der Waals surface area contributed by atoms with E-state index in [1.54, 1.807) is 6.07 Å². The van der Waals surface area contributed by atoms with E-state index in [-0.39, 0.29) is 18.5 Å². The van der Waals surface area contributed by atoms with E-state index in [9.17, 15) is 4.39 Å². The predicted molar refractivity (Wildman–Crippen MR) is 86.2 cm³/mol. The molecule has 0 saturated heterocycles. The van der Waals surface area contributed by atoms with Gasteiger partial charge in [-0.15, -0.1) is 22.9 Å². The van der Waals surface area contributed by atoms with E-state index in [4.69, 9.17) is 16.3 Å². The van der Waals surface area contributed by atoms with Gasteiger partial charge in [0.2, 0.25) is 0 Å². The highest BCUT2D eigenvalue weighted by atomic mass is 35.5. The summed E-state index contributed by atoms with van der Waals surface area (Å²) < 4.78 is 19.6. The number of thiazole rings is 1. The average Bonchev–Trinajstić information content (AvgIpc) is 2.95. The van der Waals surface area contributed by atoms with Crippen molar-refractivity contribution in [3.05, 3.63) is 40.7 Å². The first-order chi connectivity index (χ1) is 10.1. The molecule has 114 valence electrons. The van der Waals surface area contributed by atoms with Crippen LogP contribution >= 0.6 is 22.9 Å². The van der Waals surface area contributed by atoms with Crippen molar-refractivity contribution >= 4 is 22.9 Å². The topological polar surface area (TPSA) is 22.1 Å². The molecule has 0 spiro atoms. The minimum absolute atomic E-state index is 0.140. The Hall–Kier alpha value is -0.970. The van der Waals surface area contributed by atoms with Crippen molar-refractivity contribution in [3.63, 3.8) is 0 Å². The number of alkyl halides is 1. The molecule has 1 aromatic carbocycles. The minimum atomic E-state index is -0.239. The van der Waals surface area contributed by atoms with Crippen LogP contribution in [0.5, 0.6) is 0 Å². The van der Waals surface area contributed by atoms with Crippen molar-refractivity contribution in [1.29, 1.82) is 0 Å². The molecular formula is C16H19ClFNOS. The van der Waals surface area contributed by atoms with E-state index < -0.39 is 0 Å². The zero-order chi connectivity index (χ0) is 15.2. The number of hydrogen-bond acceptors (Lipinski definition) is 3. The minimum Gasteiger partial charge on any atom is -0.374 e. The zero-order valence-corrected chi connectivity index (χ0v) is 13.8. The number of halogens is 2. The molecule has 1 atom stereocenters. The Morgan fingerprint density at radius 2 is 2.24 bits per heavy atom. The second kappa shape index (κ2) is 7.87. The Morgan fingerprint density at radius 1 is 1.43 bits per heavy atom. The molecule has 0 amide bonds. The van der Waals surface area contributed by atoms with Gasteiger partial charge >= 0.3 is 0 Å². The van der Waals surface area contributed by atoms with Gasteiger partial charge < -0.3 is 4.74 Å². The van der Waals surface area contributed by atoms with Gasteiger partial charge in [0, 0.05) is 16.5 Å². The number of ether oxygens (including phenoxy) is 1. The maximum absolute atomic E-state index is 13.9. The fourth-order valence-electron chi connectivity index (χ4n) is 2.04. The molecule has 0 aliphatic heterocycles. The summed E-state index contributed by atoms with van der Waals surface area (Å²) in [4.78, 5) is 4.42. The van der Waals surface area contributed by atoms with Gasteiger partial charge in [-0.2, -0.15) is 0 Å². The normalized spacial score (nSPS) is 12.6. The molecule has 0 aliphatic carbocycles. The van der Waals surface area contributed by atoms with Gasteiger partial charge in [0.15, 0.2) is 0 Å². The number of aromatic nitrogens is 1. The molecule has 0 saturated carbocycles. The van der Waals surface area contributed by atoms with Gasteiger partial charge in [0.1, 0.15) is 10.8 Å². The van der Waals surface area contributed by atoms with Gasteiger partial charge in [0.05, 0.1) is 24.3 Å². The lowest BCUT2D eigenvalue weighted by Gasteiger charge is -2.12. The summed E-state index contributed by atoms with van der Waals surface area (Å²) in [7, 11) is 0. The summed E-state index contributed by atoms with van der Waals surface area (Å²) >= 11 is 7.28. The fourth-order valence-corrected chi connectivity index (χ4v) is 3.09. The van der Waals surface area contributed by atoms with Gasteiger partial charge in [-0.1, -0.05) is 13.3 Å². The standard InChI is InChI=1S/C16H19ClFNOS/c1-3-4-11(2)20-9-13-7-12(5-6-15(13)18)16-19-14(8-17)10-21-16/h5-7,10-11H,3-4,8-9H2,1-2H3. The molecule has 0 radical (unpaired) electrons. The van der Waals surface area contributed by atoms with Crippen LogP contribution in [0.15, 0.2) is 23.6 Å². The van der Waals surface area contributed by atoms with Crippen molar-refractivity contribution in [1.82, 2.24) is 4.98 Å². The van der Waals surface area contributed by atoms with Crippen LogP contribution in [0.4, 0.5) is 4.39 Å². The molecule has 0 aliphatic rings. The summed E-state index contributed by atoms with van der Waals surface area (Å²) in [6.45, 7) is 4.41. The Kier molecular flexibility index (Phi) is 6.15. The van der Waals surface area contributed by atoms with Crippen LogP contribution in [0.3, 0.4) is 0 Å². The van der Waals surface area contributed by atoms with Gasteiger partial charge in [-0.3, -0.25) is 0 Å². The van der Waals surface area contributed by atoms with Crippen LogP contribution in [-0.2, 0) is 17.2 Å². The van der Waals surface area contributed by atoms with Gasteiger partial charge in [0.25, 0.3) is 0 Å². The average molecular weight is 328 g/mol. The van der Waals surface area contributed by atoms with Crippen LogP contribution in [0.25, 0.3) is 10.6 Å². The summed E-state index contributed by atoms with van der Waals surface area (Å²) in [5.41, 5.74) is 2.31. The maximum Gasteiger partial charge on any atom is 0.128 e. The molecule has 2 nitrogen and oxygen atoms in total. The van der Waals surface area contributed by atoms with E-state index in [1.165, 1.54) is 17.4 Å². The highest BCUT2D eigenvalue weighted by Gasteiger charge is 2.10. The maximum atomic E-state index is 13.9. The van der Waals surface area contributed by atoms with Crippen LogP contribution < -0.4 is 0 Å². The van der Waals surface area contributed by atoms with E-state index >= 15 is 0 Å². The van der Waals surface area contributed by atoms with Crippen molar-refractivity contribution in [2.24, 2.45) is 0 Å². The van der Waals surface area contributed by atoms with Crippen molar-refractivity contribution in [3.8, 4) is 10.6 Å². The third kappa shape index (κ3) is 4.50. The van der Waals surface area contributed by atoms with Crippen LogP contribution in [0.1, 0.15) is 37.9 Å². The molecule has 0 N–H and O–H groups in total. The number of benzene rings is 1. The summed E-state index contributed by atoms with van der Waals surface area (Å²) in [6.07, 6.45) is 2.18. The first kappa shape index (κ1) is 16.4. The van der Waals surface area contributed by atoms with Gasteiger partial charge in [-0.05, 0) is 31.5 Å². The Labute approximate surface area is 133 Å². The van der Waals surface area contributed by atoms with Crippen LogP contribution in [0.2, 0.25) is 0 Å². The summed E-state index contributed by atoms with van der Waals surface area (Å²) in [5.74, 6) is 0.152. The molecule has 2 aromatic rings. The first-order valence-electron chi connectivity index (χ1n) is 7.04. The summed E-state index contributed by atoms with van der Waals surface area (Å²) in [5, 5.41) is 2.78. The lowest BCUT2D eigenvalue weighted by Crippen LogP contribution is -2.08. The van der Waals surface area contributed by atoms with E-state index in [0.29, 0.717) is 11.4 Å². The highest BCUT2D eigenvalue weighted by Crippen LogP contribution is 2.26. The predicted octanol–water partition coefficient (Wildman–Crippen LogP) is 5.39. The number of rotatable bonds is 7. The molecule has 0 bridgehead atoms. The van der Waals surface area contributed by atoms with E-state index in [0.717, 1.165) is 29.1 Å². The lowest BCUT2D eigenvalue weighted by molar-refractivity contribution is 0.0456. The third-order valence-corrected chi connectivity index (χ3v) is 4.41. The van der Waals surface area contributed by atoms with Crippen molar-refractivity contribution < 1.29 is 9.13 Å². The first-order valence-corrected chi connectivity index (χ1v) is 8.46. The Balaban J connectivity index is 2.13. The second-order valence-electron chi connectivity index (χ2n) is 4.99. The van der Waals surface area contributed by atoms with Crippen LogP contribution in [-0.4, -0.2) is 11.1 Å². The number of hydrogen-bond donors (Lipinski definition) is 0. The molecular weight excluding hydrogens is 309 g/mol.